The van der Waals surface area contributed by atoms with Crippen molar-refractivity contribution in [3.8, 4) is 0 Å². The summed E-state index contributed by atoms with van der Waals surface area (Å²) in [5.41, 5.74) is 2.30. The summed E-state index contributed by atoms with van der Waals surface area (Å²) in [5.74, 6) is 1.86. The molecular weight excluding hydrogens is 234 g/mol. The van der Waals surface area contributed by atoms with E-state index in [1.165, 1.54) is 30.2 Å². The standard InChI is InChI=1S/C17H25NO/c1-13(2)8-6-7-11-18-12-16-14(3)19-17-10-5-4-9-15(16)17/h4-5,9-10,13,18H,6-8,11-12H2,1-3H3. The van der Waals surface area contributed by atoms with Gasteiger partial charge in [0.1, 0.15) is 11.3 Å². The smallest absolute Gasteiger partial charge is 0.134 e. The summed E-state index contributed by atoms with van der Waals surface area (Å²) < 4.78 is 5.77. The average molecular weight is 259 g/mol. The van der Waals surface area contributed by atoms with E-state index in [9.17, 15) is 0 Å². The number of para-hydroxylation sites is 1. The van der Waals surface area contributed by atoms with Gasteiger partial charge in [0, 0.05) is 17.5 Å². The lowest BCUT2D eigenvalue weighted by molar-refractivity contribution is 0.518. The SMILES string of the molecule is Cc1oc2ccccc2c1CNCCCCC(C)C. The number of hydrogen-bond acceptors (Lipinski definition) is 2. The number of rotatable bonds is 7. The van der Waals surface area contributed by atoms with Crippen molar-refractivity contribution in [3.05, 3.63) is 35.6 Å². The van der Waals surface area contributed by atoms with Gasteiger partial charge in [0.2, 0.25) is 0 Å². The van der Waals surface area contributed by atoms with Crippen molar-refractivity contribution < 1.29 is 4.42 Å². The molecule has 0 fully saturated rings. The van der Waals surface area contributed by atoms with Gasteiger partial charge in [-0.1, -0.05) is 44.9 Å². The van der Waals surface area contributed by atoms with Gasteiger partial charge in [-0.05, 0) is 31.9 Å². The summed E-state index contributed by atoms with van der Waals surface area (Å²) in [4.78, 5) is 0. The van der Waals surface area contributed by atoms with Gasteiger partial charge >= 0.3 is 0 Å². The molecule has 1 aromatic heterocycles. The highest BCUT2D eigenvalue weighted by Gasteiger charge is 2.09. The summed E-state index contributed by atoms with van der Waals surface area (Å²) in [6, 6.07) is 8.27. The van der Waals surface area contributed by atoms with Crippen LogP contribution >= 0.6 is 0 Å². The highest BCUT2D eigenvalue weighted by Crippen LogP contribution is 2.24. The fraction of sp³-hybridized carbons (Fsp3) is 0.529. The zero-order valence-corrected chi connectivity index (χ0v) is 12.3. The van der Waals surface area contributed by atoms with E-state index >= 15 is 0 Å². The van der Waals surface area contributed by atoms with Crippen LogP contribution in [0.1, 0.15) is 44.4 Å². The van der Waals surface area contributed by atoms with Crippen LogP contribution in [0.15, 0.2) is 28.7 Å². The molecule has 0 saturated heterocycles. The molecule has 0 amide bonds. The van der Waals surface area contributed by atoms with E-state index in [1.807, 2.05) is 12.1 Å². The van der Waals surface area contributed by atoms with Crippen LogP contribution < -0.4 is 5.32 Å². The average Bonchev–Trinajstić information content (AvgIpc) is 2.69. The molecule has 0 aliphatic heterocycles. The second kappa shape index (κ2) is 6.76. The fourth-order valence-electron chi connectivity index (χ4n) is 2.46. The van der Waals surface area contributed by atoms with Gasteiger partial charge in [0.05, 0.1) is 0 Å². The molecule has 0 spiro atoms. The van der Waals surface area contributed by atoms with E-state index < -0.39 is 0 Å². The summed E-state index contributed by atoms with van der Waals surface area (Å²) in [6.07, 6.45) is 3.90. The van der Waals surface area contributed by atoms with E-state index in [0.29, 0.717) is 0 Å². The molecule has 104 valence electrons. The van der Waals surface area contributed by atoms with Gasteiger partial charge in [-0.3, -0.25) is 0 Å². The van der Waals surface area contributed by atoms with E-state index in [0.717, 1.165) is 30.4 Å². The van der Waals surface area contributed by atoms with E-state index in [4.69, 9.17) is 4.42 Å². The Labute approximate surface area is 116 Å². The molecule has 0 saturated carbocycles. The first-order valence-electron chi connectivity index (χ1n) is 7.36. The quantitative estimate of drug-likeness (QED) is 0.732. The summed E-state index contributed by atoms with van der Waals surface area (Å²) in [6.45, 7) is 8.62. The highest BCUT2D eigenvalue weighted by molar-refractivity contribution is 5.82. The molecule has 0 unspecified atom stereocenters. The van der Waals surface area contributed by atoms with Gasteiger partial charge in [-0.25, -0.2) is 0 Å². The third-order valence-corrected chi connectivity index (χ3v) is 3.59. The number of fused-ring (bicyclic) bond motifs is 1. The second-order valence-electron chi connectivity index (χ2n) is 5.70. The first-order valence-corrected chi connectivity index (χ1v) is 7.36. The Hall–Kier alpha value is -1.28. The molecule has 0 aliphatic carbocycles. The molecule has 0 aliphatic rings. The van der Waals surface area contributed by atoms with Gasteiger partial charge in [0.15, 0.2) is 0 Å². The molecule has 0 radical (unpaired) electrons. The van der Waals surface area contributed by atoms with Crippen LogP contribution in [-0.4, -0.2) is 6.54 Å². The maximum atomic E-state index is 5.77. The molecule has 1 heterocycles. The minimum Gasteiger partial charge on any atom is -0.461 e. The third kappa shape index (κ3) is 3.84. The predicted octanol–water partition coefficient (Wildman–Crippen LogP) is 4.66. The Balaban J connectivity index is 1.83. The highest BCUT2D eigenvalue weighted by atomic mass is 16.3. The van der Waals surface area contributed by atoms with Crippen LogP contribution in [0.4, 0.5) is 0 Å². The summed E-state index contributed by atoms with van der Waals surface area (Å²) in [5, 5.41) is 4.78. The lowest BCUT2D eigenvalue weighted by atomic mass is 10.1. The van der Waals surface area contributed by atoms with Crippen LogP contribution in [0, 0.1) is 12.8 Å². The van der Waals surface area contributed by atoms with E-state index in [2.05, 4.69) is 38.2 Å². The zero-order chi connectivity index (χ0) is 13.7. The maximum absolute atomic E-state index is 5.77. The number of hydrogen-bond donors (Lipinski definition) is 1. The van der Waals surface area contributed by atoms with Crippen molar-refractivity contribution in [2.45, 2.75) is 46.6 Å². The Kier molecular flexibility index (Phi) is 5.03. The van der Waals surface area contributed by atoms with E-state index in [-0.39, 0.29) is 0 Å². The minimum absolute atomic E-state index is 0.820. The fourth-order valence-corrected chi connectivity index (χ4v) is 2.46. The number of nitrogens with one attached hydrogen (secondary N) is 1. The van der Waals surface area contributed by atoms with Crippen molar-refractivity contribution in [2.75, 3.05) is 6.54 Å². The molecule has 1 N–H and O–H groups in total. The molecule has 2 rings (SSSR count). The largest absolute Gasteiger partial charge is 0.461 e. The van der Waals surface area contributed by atoms with Crippen LogP contribution in [0.2, 0.25) is 0 Å². The van der Waals surface area contributed by atoms with Gasteiger partial charge < -0.3 is 9.73 Å². The molecule has 2 aromatic rings. The number of furan rings is 1. The first kappa shape index (κ1) is 14.1. The topological polar surface area (TPSA) is 25.2 Å². The molecule has 1 aromatic carbocycles. The molecule has 0 atom stereocenters. The predicted molar refractivity (Wildman–Crippen MR) is 81.3 cm³/mol. The van der Waals surface area contributed by atoms with Crippen molar-refractivity contribution in [2.24, 2.45) is 5.92 Å². The van der Waals surface area contributed by atoms with Crippen LogP contribution in [0.5, 0.6) is 0 Å². The Bertz CT molecular complexity index is 513. The minimum atomic E-state index is 0.820. The summed E-state index contributed by atoms with van der Waals surface area (Å²) in [7, 11) is 0. The van der Waals surface area contributed by atoms with Crippen molar-refractivity contribution >= 4 is 11.0 Å². The lowest BCUT2D eigenvalue weighted by Gasteiger charge is -2.06. The number of unbranched alkanes of at least 4 members (excludes halogenated alkanes) is 1. The Morgan fingerprint density at radius 3 is 2.74 bits per heavy atom. The van der Waals surface area contributed by atoms with Crippen LogP contribution in [-0.2, 0) is 6.54 Å². The molecule has 2 heteroatoms. The molecular formula is C17H25NO. The molecule has 2 nitrogen and oxygen atoms in total. The molecule has 19 heavy (non-hydrogen) atoms. The Morgan fingerprint density at radius 2 is 1.95 bits per heavy atom. The second-order valence-corrected chi connectivity index (χ2v) is 5.70. The first-order chi connectivity index (χ1) is 9.18. The zero-order valence-electron chi connectivity index (χ0n) is 12.3. The van der Waals surface area contributed by atoms with Gasteiger partial charge in [-0.2, -0.15) is 0 Å². The number of benzene rings is 1. The molecule has 0 bridgehead atoms. The van der Waals surface area contributed by atoms with Crippen molar-refractivity contribution in [1.82, 2.24) is 5.32 Å². The van der Waals surface area contributed by atoms with Crippen LogP contribution in [0.3, 0.4) is 0 Å². The monoisotopic (exact) mass is 259 g/mol. The van der Waals surface area contributed by atoms with Crippen molar-refractivity contribution in [3.63, 3.8) is 0 Å². The van der Waals surface area contributed by atoms with Crippen molar-refractivity contribution in [1.29, 1.82) is 0 Å². The van der Waals surface area contributed by atoms with Gasteiger partial charge in [-0.15, -0.1) is 0 Å². The maximum Gasteiger partial charge on any atom is 0.134 e. The van der Waals surface area contributed by atoms with Crippen LogP contribution in [0.25, 0.3) is 11.0 Å². The summed E-state index contributed by atoms with van der Waals surface area (Å²) >= 11 is 0. The number of aryl methyl sites for hydroxylation is 1. The Morgan fingerprint density at radius 1 is 1.16 bits per heavy atom. The van der Waals surface area contributed by atoms with Gasteiger partial charge in [0.25, 0.3) is 0 Å². The third-order valence-electron chi connectivity index (χ3n) is 3.59. The van der Waals surface area contributed by atoms with E-state index in [1.54, 1.807) is 0 Å². The lowest BCUT2D eigenvalue weighted by Crippen LogP contribution is -2.15. The normalized spacial score (nSPS) is 11.6.